The van der Waals surface area contributed by atoms with E-state index < -0.39 is 5.60 Å². The van der Waals surface area contributed by atoms with E-state index in [9.17, 15) is 5.11 Å². The van der Waals surface area contributed by atoms with E-state index in [0.717, 1.165) is 18.4 Å². The summed E-state index contributed by atoms with van der Waals surface area (Å²) in [4.78, 5) is 0. The Kier molecular flexibility index (Phi) is 4.80. The van der Waals surface area contributed by atoms with E-state index in [1.807, 2.05) is 6.92 Å². The number of rotatable bonds is 2. The fraction of sp³-hybridized carbons (Fsp3) is 0.667. The number of hydrogen-bond donors (Lipinski definition) is 1. The molecule has 0 aromatic heterocycles. The van der Waals surface area contributed by atoms with E-state index in [1.54, 1.807) is 13.8 Å². The smallest absolute Gasteiger partial charge is 0.120 e. The van der Waals surface area contributed by atoms with Gasteiger partial charge in [-0.15, -0.1) is 0 Å². The number of aliphatic hydroxyl groups is 1. The minimum Gasteiger partial charge on any atom is -0.378 e. The highest BCUT2D eigenvalue weighted by Gasteiger charge is 2.05. The van der Waals surface area contributed by atoms with Gasteiger partial charge < -0.3 is 5.11 Å². The van der Waals surface area contributed by atoms with E-state index >= 15 is 0 Å². The molecule has 0 amide bonds. The average molecular weight is 180 g/mol. The Hall–Kier alpha value is -0.740. The van der Waals surface area contributed by atoms with Crippen LogP contribution in [-0.2, 0) is 0 Å². The van der Waals surface area contributed by atoms with Crippen LogP contribution in [0.4, 0.5) is 0 Å². The van der Waals surface area contributed by atoms with E-state index in [0.29, 0.717) is 0 Å². The van der Waals surface area contributed by atoms with Gasteiger partial charge in [0, 0.05) is 0 Å². The lowest BCUT2D eigenvalue weighted by Crippen LogP contribution is -2.14. The van der Waals surface area contributed by atoms with Crippen molar-refractivity contribution in [2.24, 2.45) is 0 Å². The maximum atomic E-state index is 9.40. The fourth-order valence-electron chi connectivity index (χ4n) is 1.12. The van der Waals surface area contributed by atoms with Gasteiger partial charge in [-0.1, -0.05) is 31.3 Å². The molecule has 0 spiro atoms. The molecule has 0 aliphatic rings. The Morgan fingerprint density at radius 3 is 2.00 bits per heavy atom. The summed E-state index contributed by atoms with van der Waals surface area (Å²) < 4.78 is 0. The van der Waals surface area contributed by atoms with Crippen LogP contribution < -0.4 is 0 Å². The Morgan fingerprint density at radius 2 is 1.69 bits per heavy atom. The zero-order chi connectivity index (χ0) is 10.5. The van der Waals surface area contributed by atoms with Crippen molar-refractivity contribution in [1.29, 1.82) is 0 Å². The first-order valence-electron chi connectivity index (χ1n) is 4.84. The molecule has 0 aliphatic heterocycles. The van der Waals surface area contributed by atoms with Gasteiger partial charge >= 0.3 is 0 Å². The van der Waals surface area contributed by atoms with Crippen LogP contribution in [0, 0.1) is 11.8 Å². The normalized spacial score (nSPS) is 10.3. The summed E-state index contributed by atoms with van der Waals surface area (Å²) in [6.45, 7) is 9.68. The molecule has 1 heteroatoms. The van der Waals surface area contributed by atoms with Gasteiger partial charge in [0.1, 0.15) is 5.60 Å². The first kappa shape index (κ1) is 12.3. The van der Waals surface area contributed by atoms with Crippen LogP contribution in [0.3, 0.4) is 0 Å². The first-order valence-corrected chi connectivity index (χ1v) is 4.84. The molecule has 0 heterocycles. The largest absolute Gasteiger partial charge is 0.378 e. The molecule has 0 aromatic rings. The highest BCUT2D eigenvalue weighted by Crippen LogP contribution is 2.11. The average Bonchev–Trinajstić information content (AvgIpc) is 2.02. The Balaban J connectivity index is 4.67. The summed E-state index contributed by atoms with van der Waals surface area (Å²) in [7, 11) is 0. The molecule has 1 N–H and O–H groups in total. The summed E-state index contributed by atoms with van der Waals surface area (Å²) in [6.07, 6.45) is 2.09. The monoisotopic (exact) mass is 180 g/mol. The van der Waals surface area contributed by atoms with Gasteiger partial charge in [0.15, 0.2) is 0 Å². The molecule has 74 valence electrons. The van der Waals surface area contributed by atoms with Gasteiger partial charge in [0.2, 0.25) is 0 Å². The quantitative estimate of drug-likeness (QED) is 0.648. The highest BCUT2D eigenvalue weighted by atomic mass is 16.3. The van der Waals surface area contributed by atoms with E-state index in [-0.39, 0.29) is 0 Å². The Bertz CT molecular complexity index is 237. The molecule has 0 rings (SSSR count). The van der Waals surface area contributed by atoms with Gasteiger partial charge in [0.25, 0.3) is 0 Å². The Morgan fingerprint density at radius 1 is 1.23 bits per heavy atom. The molecular formula is C12H20O. The lowest BCUT2D eigenvalue weighted by atomic mass is 10.0. The van der Waals surface area contributed by atoms with Crippen molar-refractivity contribution in [1.82, 2.24) is 0 Å². The second-order valence-corrected chi connectivity index (χ2v) is 3.74. The van der Waals surface area contributed by atoms with Crippen LogP contribution in [0.25, 0.3) is 0 Å². The second-order valence-electron chi connectivity index (χ2n) is 3.74. The molecule has 1 nitrogen and oxygen atoms in total. The van der Waals surface area contributed by atoms with Crippen molar-refractivity contribution < 1.29 is 5.11 Å². The molecular weight excluding hydrogens is 160 g/mol. The summed E-state index contributed by atoms with van der Waals surface area (Å²) in [5, 5.41) is 9.40. The standard InChI is InChI=1S/C12H20O/c1-6-11(7-2)10(3)8-9-12(4,5)13/h13H,6-7H2,1-5H3. The van der Waals surface area contributed by atoms with E-state index in [2.05, 4.69) is 25.7 Å². The number of hydrogen-bond acceptors (Lipinski definition) is 1. The van der Waals surface area contributed by atoms with Gasteiger partial charge in [0.05, 0.1) is 0 Å². The van der Waals surface area contributed by atoms with Crippen LogP contribution >= 0.6 is 0 Å². The number of allylic oxidation sites excluding steroid dienone is 2. The summed E-state index contributed by atoms with van der Waals surface area (Å²) in [5.41, 5.74) is 1.59. The van der Waals surface area contributed by atoms with Crippen molar-refractivity contribution in [3.63, 3.8) is 0 Å². The van der Waals surface area contributed by atoms with Crippen LogP contribution in [0.2, 0.25) is 0 Å². The molecule has 0 saturated carbocycles. The van der Waals surface area contributed by atoms with Crippen molar-refractivity contribution in [2.75, 3.05) is 0 Å². The van der Waals surface area contributed by atoms with Crippen molar-refractivity contribution >= 4 is 0 Å². The molecule has 0 saturated heterocycles. The van der Waals surface area contributed by atoms with Crippen LogP contribution in [0.15, 0.2) is 11.1 Å². The van der Waals surface area contributed by atoms with Crippen molar-refractivity contribution in [2.45, 2.75) is 53.1 Å². The third kappa shape index (κ3) is 5.49. The Labute approximate surface area is 81.9 Å². The molecule has 0 atom stereocenters. The molecule has 0 unspecified atom stereocenters. The third-order valence-electron chi connectivity index (χ3n) is 1.94. The summed E-state index contributed by atoms with van der Waals surface area (Å²) in [5.74, 6) is 5.82. The SMILES string of the molecule is CCC(CC)=C(C)C#CC(C)(C)O. The maximum absolute atomic E-state index is 9.40. The van der Waals surface area contributed by atoms with Gasteiger partial charge in [-0.3, -0.25) is 0 Å². The van der Waals surface area contributed by atoms with E-state index in [4.69, 9.17) is 0 Å². The maximum Gasteiger partial charge on any atom is 0.120 e. The van der Waals surface area contributed by atoms with Gasteiger partial charge in [-0.2, -0.15) is 0 Å². The molecule has 0 bridgehead atoms. The lowest BCUT2D eigenvalue weighted by Gasteiger charge is -2.07. The van der Waals surface area contributed by atoms with Gasteiger partial charge in [-0.25, -0.2) is 0 Å². The topological polar surface area (TPSA) is 20.2 Å². The third-order valence-corrected chi connectivity index (χ3v) is 1.94. The zero-order valence-corrected chi connectivity index (χ0v) is 9.36. The molecule has 0 aromatic carbocycles. The van der Waals surface area contributed by atoms with Gasteiger partial charge in [-0.05, 0) is 39.2 Å². The molecule has 13 heavy (non-hydrogen) atoms. The zero-order valence-electron chi connectivity index (χ0n) is 9.36. The molecule has 0 aliphatic carbocycles. The first-order chi connectivity index (χ1) is 5.90. The van der Waals surface area contributed by atoms with Crippen LogP contribution in [-0.4, -0.2) is 10.7 Å². The minimum absolute atomic E-state index is 0.881. The van der Waals surface area contributed by atoms with Crippen LogP contribution in [0.1, 0.15) is 47.5 Å². The van der Waals surface area contributed by atoms with Crippen molar-refractivity contribution in [3.05, 3.63) is 11.1 Å². The lowest BCUT2D eigenvalue weighted by molar-refractivity contribution is 0.143. The second kappa shape index (κ2) is 5.09. The predicted molar refractivity (Wildman–Crippen MR) is 57.4 cm³/mol. The van der Waals surface area contributed by atoms with Crippen LogP contribution in [0.5, 0.6) is 0 Å². The molecule has 0 radical (unpaired) electrons. The molecule has 0 fully saturated rings. The fourth-order valence-corrected chi connectivity index (χ4v) is 1.12. The highest BCUT2D eigenvalue weighted by molar-refractivity contribution is 5.33. The predicted octanol–water partition coefficient (Wildman–Crippen LogP) is 2.90. The summed E-state index contributed by atoms with van der Waals surface area (Å²) >= 11 is 0. The van der Waals surface area contributed by atoms with Crippen molar-refractivity contribution in [3.8, 4) is 11.8 Å². The summed E-state index contributed by atoms with van der Waals surface area (Å²) in [6, 6.07) is 0. The van der Waals surface area contributed by atoms with E-state index in [1.165, 1.54) is 5.57 Å². The minimum atomic E-state index is -0.881.